The SMILES string of the molecule is CCN1CCCC(Nc2c(F)ccc(C)c2F)CC1. The lowest BCUT2D eigenvalue weighted by Crippen LogP contribution is -2.26. The summed E-state index contributed by atoms with van der Waals surface area (Å²) in [6.45, 7) is 6.91. The molecule has 1 unspecified atom stereocenters. The summed E-state index contributed by atoms with van der Waals surface area (Å²) >= 11 is 0. The molecule has 0 radical (unpaired) electrons. The number of hydrogen-bond donors (Lipinski definition) is 1. The average molecular weight is 268 g/mol. The van der Waals surface area contributed by atoms with E-state index in [1.165, 1.54) is 12.1 Å². The van der Waals surface area contributed by atoms with Crippen LogP contribution in [0.5, 0.6) is 0 Å². The largest absolute Gasteiger partial charge is 0.378 e. The first-order chi connectivity index (χ1) is 9.11. The summed E-state index contributed by atoms with van der Waals surface area (Å²) in [6.07, 6.45) is 2.96. The van der Waals surface area contributed by atoms with E-state index < -0.39 is 11.6 Å². The zero-order chi connectivity index (χ0) is 13.8. The van der Waals surface area contributed by atoms with Gasteiger partial charge < -0.3 is 10.2 Å². The molecule has 1 atom stereocenters. The monoisotopic (exact) mass is 268 g/mol. The maximum atomic E-state index is 13.9. The van der Waals surface area contributed by atoms with Gasteiger partial charge in [-0.05, 0) is 50.9 Å². The molecule has 2 rings (SSSR count). The quantitative estimate of drug-likeness (QED) is 0.901. The molecule has 0 aromatic heterocycles. The van der Waals surface area contributed by atoms with Gasteiger partial charge in [-0.3, -0.25) is 0 Å². The van der Waals surface area contributed by atoms with Crippen molar-refractivity contribution in [3.8, 4) is 0 Å². The average Bonchev–Trinajstić information content (AvgIpc) is 2.64. The summed E-state index contributed by atoms with van der Waals surface area (Å²) < 4.78 is 27.7. The van der Waals surface area contributed by atoms with Gasteiger partial charge >= 0.3 is 0 Å². The normalized spacial score (nSPS) is 21.2. The van der Waals surface area contributed by atoms with Crippen molar-refractivity contribution in [1.82, 2.24) is 4.90 Å². The molecular weight excluding hydrogens is 246 g/mol. The lowest BCUT2D eigenvalue weighted by Gasteiger charge is -2.20. The highest BCUT2D eigenvalue weighted by atomic mass is 19.1. The maximum absolute atomic E-state index is 13.9. The molecule has 1 saturated heterocycles. The second-order valence-electron chi connectivity index (χ2n) is 5.26. The molecule has 1 heterocycles. The highest BCUT2D eigenvalue weighted by Gasteiger charge is 2.19. The molecule has 1 aromatic carbocycles. The summed E-state index contributed by atoms with van der Waals surface area (Å²) in [6, 6.07) is 2.96. The summed E-state index contributed by atoms with van der Waals surface area (Å²) in [5.41, 5.74) is 0.516. The van der Waals surface area contributed by atoms with Crippen LogP contribution in [-0.2, 0) is 0 Å². The van der Waals surface area contributed by atoms with Gasteiger partial charge in [0, 0.05) is 12.6 Å². The number of aryl methyl sites for hydroxylation is 1. The van der Waals surface area contributed by atoms with Crippen molar-refractivity contribution in [2.75, 3.05) is 25.0 Å². The van der Waals surface area contributed by atoms with Crippen LogP contribution in [0.25, 0.3) is 0 Å². The fourth-order valence-corrected chi connectivity index (χ4v) is 2.61. The molecular formula is C15H22F2N2. The third-order valence-electron chi connectivity index (χ3n) is 3.90. The lowest BCUT2D eigenvalue weighted by molar-refractivity contribution is 0.300. The Labute approximate surface area is 113 Å². The summed E-state index contributed by atoms with van der Waals surface area (Å²) in [4.78, 5) is 2.38. The van der Waals surface area contributed by atoms with Crippen LogP contribution >= 0.6 is 0 Å². The van der Waals surface area contributed by atoms with Crippen LogP contribution < -0.4 is 5.32 Å². The number of benzene rings is 1. The third kappa shape index (κ3) is 3.44. The Morgan fingerprint density at radius 3 is 2.79 bits per heavy atom. The third-order valence-corrected chi connectivity index (χ3v) is 3.90. The first-order valence-electron chi connectivity index (χ1n) is 7.05. The zero-order valence-electron chi connectivity index (χ0n) is 11.7. The van der Waals surface area contributed by atoms with Crippen LogP contribution in [0.15, 0.2) is 12.1 Å². The summed E-state index contributed by atoms with van der Waals surface area (Å²) in [5, 5.41) is 3.07. The van der Waals surface area contributed by atoms with Gasteiger partial charge in [-0.25, -0.2) is 8.78 Å². The van der Waals surface area contributed by atoms with E-state index in [1.807, 2.05) is 0 Å². The van der Waals surface area contributed by atoms with Crippen LogP contribution in [0.4, 0.5) is 14.5 Å². The Hall–Kier alpha value is -1.16. The van der Waals surface area contributed by atoms with E-state index in [1.54, 1.807) is 6.92 Å². The van der Waals surface area contributed by atoms with Gasteiger partial charge in [0.25, 0.3) is 0 Å². The molecule has 1 N–H and O–H groups in total. The summed E-state index contributed by atoms with van der Waals surface area (Å²) in [7, 11) is 0. The molecule has 0 aliphatic carbocycles. The Morgan fingerprint density at radius 1 is 1.26 bits per heavy atom. The van der Waals surface area contributed by atoms with Crippen LogP contribution in [0, 0.1) is 18.6 Å². The molecule has 2 nitrogen and oxygen atoms in total. The van der Waals surface area contributed by atoms with Gasteiger partial charge in [0.1, 0.15) is 11.5 Å². The fraction of sp³-hybridized carbons (Fsp3) is 0.600. The molecule has 1 aliphatic rings. The van der Waals surface area contributed by atoms with E-state index in [0.29, 0.717) is 5.56 Å². The van der Waals surface area contributed by atoms with Crippen LogP contribution in [-0.4, -0.2) is 30.6 Å². The molecule has 1 fully saturated rings. The van der Waals surface area contributed by atoms with E-state index in [0.717, 1.165) is 38.9 Å². The molecule has 0 spiro atoms. The van der Waals surface area contributed by atoms with E-state index in [4.69, 9.17) is 0 Å². The predicted molar refractivity (Wildman–Crippen MR) is 74.5 cm³/mol. The van der Waals surface area contributed by atoms with Gasteiger partial charge in [0.05, 0.1) is 0 Å². The lowest BCUT2D eigenvalue weighted by atomic mass is 10.1. The Bertz CT molecular complexity index is 434. The molecule has 0 bridgehead atoms. The van der Waals surface area contributed by atoms with E-state index in [2.05, 4.69) is 17.1 Å². The zero-order valence-corrected chi connectivity index (χ0v) is 11.7. The number of halogens is 2. The Kier molecular flexibility index (Phi) is 4.75. The Morgan fingerprint density at radius 2 is 2.05 bits per heavy atom. The van der Waals surface area contributed by atoms with Gasteiger partial charge in [-0.15, -0.1) is 0 Å². The molecule has 4 heteroatoms. The minimum absolute atomic E-state index is 0.0370. The number of hydrogen-bond acceptors (Lipinski definition) is 2. The highest BCUT2D eigenvalue weighted by Crippen LogP contribution is 2.24. The standard InChI is InChI=1S/C15H22F2N2/c1-3-19-9-4-5-12(8-10-19)18-15-13(16)7-6-11(2)14(15)17/h6-7,12,18H,3-5,8-10H2,1-2H3. The van der Waals surface area contributed by atoms with E-state index >= 15 is 0 Å². The molecule has 0 saturated carbocycles. The second kappa shape index (κ2) is 6.33. The fourth-order valence-electron chi connectivity index (χ4n) is 2.61. The van der Waals surface area contributed by atoms with Crippen LogP contribution in [0.2, 0.25) is 0 Å². The van der Waals surface area contributed by atoms with Gasteiger partial charge in [0.2, 0.25) is 0 Å². The van der Waals surface area contributed by atoms with E-state index in [9.17, 15) is 8.78 Å². The number of anilines is 1. The van der Waals surface area contributed by atoms with Crippen molar-refractivity contribution in [2.24, 2.45) is 0 Å². The number of nitrogens with one attached hydrogen (secondary N) is 1. The maximum Gasteiger partial charge on any atom is 0.152 e. The van der Waals surface area contributed by atoms with Gasteiger partial charge in [-0.1, -0.05) is 13.0 Å². The minimum atomic E-state index is -0.500. The second-order valence-corrected chi connectivity index (χ2v) is 5.26. The number of nitrogens with zero attached hydrogens (tertiary/aromatic N) is 1. The first kappa shape index (κ1) is 14.3. The first-order valence-corrected chi connectivity index (χ1v) is 7.05. The molecule has 106 valence electrons. The molecule has 1 aliphatic heterocycles. The molecule has 0 amide bonds. The van der Waals surface area contributed by atoms with Crippen molar-refractivity contribution in [3.05, 3.63) is 29.3 Å². The van der Waals surface area contributed by atoms with Crippen molar-refractivity contribution in [1.29, 1.82) is 0 Å². The van der Waals surface area contributed by atoms with Crippen molar-refractivity contribution in [2.45, 2.75) is 39.2 Å². The predicted octanol–water partition coefficient (Wildman–Crippen LogP) is 3.56. The van der Waals surface area contributed by atoms with Crippen molar-refractivity contribution >= 4 is 5.69 Å². The van der Waals surface area contributed by atoms with Gasteiger partial charge in [-0.2, -0.15) is 0 Å². The van der Waals surface area contributed by atoms with Crippen LogP contribution in [0.1, 0.15) is 31.7 Å². The van der Waals surface area contributed by atoms with Crippen LogP contribution in [0.3, 0.4) is 0 Å². The molecule has 19 heavy (non-hydrogen) atoms. The number of rotatable bonds is 3. The smallest absolute Gasteiger partial charge is 0.152 e. The molecule has 1 aromatic rings. The van der Waals surface area contributed by atoms with E-state index in [-0.39, 0.29) is 11.7 Å². The number of likely N-dealkylation sites (tertiary alicyclic amines) is 1. The summed E-state index contributed by atoms with van der Waals surface area (Å²) in [5.74, 6) is -0.962. The van der Waals surface area contributed by atoms with Crippen molar-refractivity contribution < 1.29 is 8.78 Å². The highest BCUT2D eigenvalue weighted by molar-refractivity contribution is 5.49. The Balaban J connectivity index is 2.07. The van der Waals surface area contributed by atoms with Crippen molar-refractivity contribution in [3.63, 3.8) is 0 Å². The minimum Gasteiger partial charge on any atom is -0.378 e. The topological polar surface area (TPSA) is 15.3 Å². The van der Waals surface area contributed by atoms with Gasteiger partial charge in [0.15, 0.2) is 5.82 Å².